The summed E-state index contributed by atoms with van der Waals surface area (Å²) in [6.45, 7) is 0.476. The molecule has 0 atom stereocenters. The summed E-state index contributed by atoms with van der Waals surface area (Å²) in [5.74, 6) is -2.02. The molecule has 0 aliphatic carbocycles. The van der Waals surface area contributed by atoms with Gasteiger partial charge in [-0.1, -0.05) is 54.2 Å². The van der Waals surface area contributed by atoms with Crippen molar-refractivity contribution in [2.24, 2.45) is 0 Å². The Morgan fingerprint density at radius 1 is 0.966 bits per heavy atom. The van der Waals surface area contributed by atoms with Crippen LogP contribution in [0, 0.1) is 0 Å². The number of rotatable bonds is 8. The highest BCUT2D eigenvalue weighted by Gasteiger charge is 2.04. The minimum atomic E-state index is -2.45. The van der Waals surface area contributed by atoms with E-state index in [1.54, 1.807) is 54.6 Å². The van der Waals surface area contributed by atoms with Gasteiger partial charge in [0.15, 0.2) is 0 Å². The second-order valence-corrected chi connectivity index (χ2v) is 7.13. The van der Waals surface area contributed by atoms with Gasteiger partial charge in [0.25, 0.3) is 5.76 Å². The first kappa shape index (κ1) is 20.6. The fourth-order valence-electron chi connectivity index (χ4n) is 2.49. The van der Waals surface area contributed by atoms with Crippen molar-refractivity contribution in [1.82, 2.24) is 0 Å². The molecule has 0 fully saturated rings. The second kappa shape index (κ2) is 10.4. The summed E-state index contributed by atoms with van der Waals surface area (Å²) in [6, 6.07) is 23.6. The van der Waals surface area contributed by atoms with Crippen LogP contribution < -0.4 is 10.1 Å². The summed E-state index contributed by atoms with van der Waals surface area (Å²) in [4.78, 5) is 12.5. The van der Waals surface area contributed by atoms with Crippen LogP contribution in [-0.4, -0.2) is 11.7 Å². The van der Waals surface area contributed by atoms with Crippen LogP contribution in [-0.2, 0) is 11.4 Å². The summed E-state index contributed by atoms with van der Waals surface area (Å²) in [5, 5.41) is 2.77. The van der Waals surface area contributed by atoms with E-state index < -0.39 is 5.76 Å². The van der Waals surface area contributed by atoms with Gasteiger partial charge in [0.1, 0.15) is 12.4 Å². The molecule has 148 valence electrons. The lowest BCUT2D eigenvalue weighted by molar-refractivity contribution is -0.111. The molecule has 0 bridgehead atoms. The number of alkyl halides is 2. The molecule has 29 heavy (non-hydrogen) atoms. The Balaban J connectivity index is 1.49. The highest BCUT2D eigenvalue weighted by Crippen LogP contribution is 2.25. The lowest BCUT2D eigenvalue weighted by Gasteiger charge is -2.07. The number of anilines is 1. The van der Waals surface area contributed by atoms with Gasteiger partial charge >= 0.3 is 0 Å². The van der Waals surface area contributed by atoms with Gasteiger partial charge < -0.3 is 10.1 Å². The first-order chi connectivity index (χ1) is 14.1. The molecule has 0 saturated carbocycles. The zero-order valence-corrected chi connectivity index (χ0v) is 16.2. The molecule has 0 saturated heterocycles. The molecule has 6 heteroatoms. The summed E-state index contributed by atoms with van der Waals surface area (Å²) in [7, 11) is 0. The van der Waals surface area contributed by atoms with Crippen molar-refractivity contribution in [1.29, 1.82) is 0 Å². The summed E-state index contributed by atoms with van der Waals surface area (Å²) in [5.41, 5.74) is 2.48. The van der Waals surface area contributed by atoms with E-state index in [-0.39, 0.29) is 5.91 Å². The molecule has 0 aliphatic rings. The predicted octanol–water partition coefficient (Wildman–Crippen LogP) is 6.23. The van der Waals surface area contributed by atoms with Crippen LogP contribution in [0.5, 0.6) is 5.75 Å². The van der Waals surface area contributed by atoms with Crippen LogP contribution >= 0.6 is 11.8 Å². The number of nitrogens with one attached hydrogen (secondary N) is 1. The third kappa shape index (κ3) is 7.08. The minimum absolute atomic E-state index is 0.283. The highest BCUT2D eigenvalue weighted by atomic mass is 32.2. The highest BCUT2D eigenvalue weighted by molar-refractivity contribution is 7.99. The number of halogens is 2. The van der Waals surface area contributed by atoms with Gasteiger partial charge in [-0.05, 0) is 53.6 Å². The first-order valence-corrected chi connectivity index (χ1v) is 9.77. The average molecular weight is 411 g/mol. The number of hydrogen-bond donors (Lipinski definition) is 1. The van der Waals surface area contributed by atoms with Crippen molar-refractivity contribution < 1.29 is 18.3 Å². The van der Waals surface area contributed by atoms with E-state index in [0.717, 1.165) is 11.1 Å². The van der Waals surface area contributed by atoms with E-state index in [2.05, 4.69) is 5.32 Å². The fourth-order valence-corrected chi connectivity index (χ4v) is 2.99. The molecule has 3 rings (SSSR count). The minimum Gasteiger partial charge on any atom is -0.489 e. The zero-order chi connectivity index (χ0) is 20.5. The molecular formula is C23H19F2NO2S. The summed E-state index contributed by atoms with van der Waals surface area (Å²) < 4.78 is 30.3. The van der Waals surface area contributed by atoms with Gasteiger partial charge in [-0.15, -0.1) is 0 Å². The van der Waals surface area contributed by atoms with E-state index in [9.17, 15) is 13.6 Å². The maximum Gasteiger partial charge on any atom is 0.288 e. The Kier molecular flexibility index (Phi) is 7.41. The van der Waals surface area contributed by atoms with Crippen molar-refractivity contribution in [2.75, 3.05) is 5.32 Å². The standard InChI is InChI=1S/C23H19F2NO2S/c24-23(25)29-21-13-6-17(7-14-21)8-15-22(27)26-19-9-11-20(12-10-19)28-16-18-4-2-1-3-5-18/h1-15,23H,16H2,(H,26,27)/b15-8+. The van der Waals surface area contributed by atoms with Crippen molar-refractivity contribution in [3.05, 3.63) is 96.1 Å². The number of benzene rings is 3. The molecule has 3 nitrogen and oxygen atoms in total. The smallest absolute Gasteiger partial charge is 0.288 e. The van der Waals surface area contributed by atoms with Crippen molar-refractivity contribution in [3.8, 4) is 5.75 Å². The fraction of sp³-hybridized carbons (Fsp3) is 0.0870. The molecule has 3 aromatic carbocycles. The van der Waals surface area contributed by atoms with E-state index in [1.165, 1.54) is 6.08 Å². The number of amides is 1. The van der Waals surface area contributed by atoms with Crippen molar-refractivity contribution in [2.45, 2.75) is 17.3 Å². The lowest BCUT2D eigenvalue weighted by Crippen LogP contribution is -2.07. The molecule has 0 radical (unpaired) electrons. The monoisotopic (exact) mass is 411 g/mol. The third-order valence-electron chi connectivity index (χ3n) is 3.90. The largest absolute Gasteiger partial charge is 0.489 e. The van der Waals surface area contributed by atoms with Crippen LogP contribution in [0.25, 0.3) is 6.08 Å². The average Bonchev–Trinajstić information content (AvgIpc) is 2.73. The number of hydrogen-bond acceptors (Lipinski definition) is 3. The van der Waals surface area contributed by atoms with Gasteiger partial charge in [0.2, 0.25) is 5.91 Å². The first-order valence-electron chi connectivity index (χ1n) is 8.89. The van der Waals surface area contributed by atoms with Crippen LogP contribution in [0.1, 0.15) is 11.1 Å². The van der Waals surface area contributed by atoms with Gasteiger partial charge in [0, 0.05) is 16.7 Å². The molecule has 0 aliphatic heterocycles. The molecular weight excluding hydrogens is 392 g/mol. The topological polar surface area (TPSA) is 38.3 Å². The van der Waals surface area contributed by atoms with Crippen molar-refractivity contribution in [3.63, 3.8) is 0 Å². The summed E-state index contributed by atoms with van der Waals surface area (Å²) >= 11 is 0.490. The number of carbonyl (C=O) groups is 1. The number of thioether (sulfide) groups is 1. The molecule has 0 unspecified atom stereocenters. The van der Waals surface area contributed by atoms with E-state index in [1.807, 2.05) is 30.3 Å². The molecule has 0 spiro atoms. The van der Waals surface area contributed by atoms with E-state index in [0.29, 0.717) is 34.7 Å². The molecule has 3 aromatic rings. The Labute approximate surface area is 172 Å². The van der Waals surface area contributed by atoms with Crippen LogP contribution in [0.2, 0.25) is 0 Å². The maximum absolute atomic E-state index is 12.3. The Bertz CT molecular complexity index is 943. The van der Waals surface area contributed by atoms with Crippen LogP contribution in [0.3, 0.4) is 0 Å². The van der Waals surface area contributed by atoms with Gasteiger partial charge in [-0.2, -0.15) is 8.78 Å². The van der Waals surface area contributed by atoms with Gasteiger partial charge in [-0.25, -0.2) is 0 Å². The van der Waals surface area contributed by atoms with E-state index >= 15 is 0 Å². The SMILES string of the molecule is O=C(/C=C/c1ccc(SC(F)F)cc1)Nc1ccc(OCc2ccccc2)cc1. The lowest BCUT2D eigenvalue weighted by atomic mass is 10.2. The normalized spacial score (nSPS) is 11.0. The molecule has 0 aromatic heterocycles. The van der Waals surface area contributed by atoms with Crippen molar-refractivity contribution >= 4 is 29.4 Å². The number of ether oxygens (including phenoxy) is 1. The van der Waals surface area contributed by atoms with E-state index in [4.69, 9.17) is 4.74 Å². The second-order valence-electron chi connectivity index (χ2n) is 6.07. The quantitative estimate of drug-likeness (QED) is 0.353. The van der Waals surface area contributed by atoms with Gasteiger partial charge in [-0.3, -0.25) is 4.79 Å². The Morgan fingerprint density at radius 3 is 2.31 bits per heavy atom. The van der Waals surface area contributed by atoms with Crippen LogP contribution in [0.15, 0.2) is 89.8 Å². The maximum atomic E-state index is 12.3. The predicted molar refractivity (Wildman–Crippen MR) is 113 cm³/mol. The third-order valence-corrected chi connectivity index (χ3v) is 4.63. The molecule has 0 heterocycles. The molecule has 1 amide bonds. The summed E-state index contributed by atoms with van der Waals surface area (Å²) in [6.07, 6.45) is 3.03. The zero-order valence-electron chi connectivity index (χ0n) is 15.4. The van der Waals surface area contributed by atoms with Crippen LogP contribution in [0.4, 0.5) is 14.5 Å². The number of carbonyl (C=O) groups excluding carboxylic acids is 1. The Morgan fingerprint density at radius 2 is 1.66 bits per heavy atom. The molecule has 1 N–H and O–H groups in total. The Hall–Kier alpha value is -3.12. The van der Waals surface area contributed by atoms with Gasteiger partial charge in [0.05, 0.1) is 0 Å².